The lowest BCUT2D eigenvalue weighted by Gasteiger charge is -2.35. The molecule has 2 rings (SSSR count). The lowest BCUT2D eigenvalue weighted by molar-refractivity contribution is 0.0164. The molecule has 1 aliphatic heterocycles. The van der Waals surface area contributed by atoms with Crippen LogP contribution >= 0.6 is 11.6 Å². The lowest BCUT2D eigenvalue weighted by Crippen LogP contribution is -2.39. The fraction of sp³-hybridized carbons (Fsp3) is 0.500. The van der Waals surface area contributed by atoms with E-state index in [1.165, 1.54) is 0 Å². The van der Waals surface area contributed by atoms with E-state index in [4.69, 9.17) is 21.1 Å². The molecule has 0 N–H and O–H groups in total. The van der Waals surface area contributed by atoms with Crippen LogP contribution in [0, 0.1) is 5.41 Å². The molecule has 1 unspecified atom stereocenters. The van der Waals surface area contributed by atoms with Crippen molar-refractivity contribution in [3.8, 4) is 11.5 Å². The molecule has 0 fully saturated rings. The first-order chi connectivity index (χ1) is 6.97. The average molecular weight is 227 g/mol. The summed E-state index contributed by atoms with van der Waals surface area (Å²) in [5, 5.41) is 0.673. The van der Waals surface area contributed by atoms with Crippen molar-refractivity contribution < 1.29 is 9.47 Å². The van der Waals surface area contributed by atoms with Crippen LogP contribution in [0.4, 0.5) is 0 Å². The van der Waals surface area contributed by atoms with Crippen LogP contribution in [0.25, 0.3) is 0 Å². The number of halogens is 1. The Morgan fingerprint density at radius 2 is 2.00 bits per heavy atom. The molecule has 82 valence electrons. The molecular formula is C12H15ClO2. The van der Waals surface area contributed by atoms with Gasteiger partial charge in [0.15, 0.2) is 11.5 Å². The fourth-order valence-corrected chi connectivity index (χ4v) is 1.63. The SMILES string of the molecule is CC(C)(C)C1COc2cc(Cl)ccc2O1. The minimum atomic E-state index is 0.0807. The second kappa shape index (κ2) is 3.60. The molecule has 0 saturated carbocycles. The summed E-state index contributed by atoms with van der Waals surface area (Å²) in [6.07, 6.45) is 0.0891. The van der Waals surface area contributed by atoms with Gasteiger partial charge in [-0.2, -0.15) is 0 Å². The fourth-order valence-electron chi connectivity index (χ4n) is 1.47. The van der Waals surface area contributed by atoms with E-state index in [9.17, 15) is 0 Å². The van der Waals surface area contributed by atoms with E-state index < -0.39 is 0 Å². The Labute approximate surface area is 95.1 Å². The second-order valence-corrected chi connectivity index (χ2v) is 5.31. The second-order valence-electron chi connectivity index (χ2n) is 4.87. The number of rotatable bonds is 0. The molecule has 0 spiro atoms. The molecule has 1 aliphatic rings. The lowest BCUT2D eigenvalue weighted by atomic mass is 9.89. The Morgan fingerprint density at radius 3 is 2.67 bits per heavy atom. The van der Waals surface area contributed by atoms with Gasteiger partial charge >= 0.3 is 0 Å². The van der Waals surface area contributed by atoms with Crippen molar-refractivity contribution in [2.75, 3.05) is 6.61 Å². The molecule has 0 saturated heterocycles. The van der Waals surface area contributed by atoms with Gasteiger partial charge in [-0.1, -0.05) is 32.4 Å². The van der Waals surface area contributed by atoms with Crippen molar-refractivity contribution >= 4 is 11.6 Å². The molecule has 1 heterocycles. The summed E-state index contributed by atoms with van der Waals surface area (Å²) in [5.74, 6) is 1.52. The van der Waals surface area contributed by atoms with E-state index in [-0.39, 0.29) is 11.5 Å². The van der Waals surface area contributed by atoms with Crippen molar-refractivity contribution in [2.24, 2.45) is 5.41 Å². The standard InChI is InChI=1S/C12H15ClO2/c1-12(2,3)11-7-14-10-6-8(13)4-5-9(10)15-11/h4-6,11H,7H2,1-3H3. The molecule has 2 nitrogen and oxygen atoms in total. The summed E-state index contributed by atoms with van der Waals surface area (Å²) in [5.41, 5.74) is 0.0807. The Morgan fingerprint density at radius 1 is 1.27 bits per heavy atom. The third-order valence-corrected chi connectivity index (χ3v) is 2.77. The van der Waals surface area contributed by atoms with E-state index in [1.807, 2.05) is 12.1 Å². The van der Waals surface area contributed by atoms with Crippen LogP contribution in [0.3, 0.4) is 0 Å². The number of hydrogen-bond acceptors (Lipinski definition) is 2. The van der Waals surface area contributed by atoms with Crippen LogP contribution < -0.4 is 9.47 Å². The van der Waals surface area contributed by atoms with Crippen molar-refractivity contribution in [3.63, 3.8) is 0 Å². The Bertz CT molecular complexity index is 368. The maximum atomic E-state index is 5.87. The number of hydrogen-bond donors (Lipinski definition) is 0. The van der Waals surface area contributed by atoms with Crippen molar-refractivity contribution in [1.29, 1.82) is 0 Å². The molecule has 15 heavy (non-hydrogen) atoms. The van der Waals surface area contributed by atoms with E-state index >= 15 is 0 Å². The molecule has 0 amide bonds. The van der Waals surface area contributed by atoms with E-state index in [1.54, 1.807) is 6.07 Å². The average Bonchev–Trinajstić information content (AvgIpc) is 2.15. The number of ether oxygens (including phenoxy) is 2. The molecule has 1 aromatic carbocycles. The summed E-state index contributed by atoms with van der Waals surface area (Å²) >= 11 is 5.87. The van der Waals surface area contributed by atoms with Crippen molar-refractivity contribution in [1.82, 2.24) is 0 Å². The highest BCUT2D eigenvalue weighted by Crippen LogP contribution is 2.37. The Kier molecular flexibility index (Phi) is 2.55. The highest BCUT2D eigenvalue weighted by molar-refractivity contribution is 6.30. The first kappa shape index (κ1) is 10.6. The van der Waals surface area contributed by atoms with Gasteiger partial charge in [-0.3, -0.25) is 0 Å². The summed E-state index contributed by atoms with van der Waals surface area (Å²) in [6, 6.07) is 5.46. The zero-order valence-electron chi connectivity index (χ0n) is 9.21. The third-order valence-electron chi connectivity index (χ3n) is 2.53. The number of fused-ring (bicyclic) bond motifs is 1. The van der Waals surface area contributed by atoms with Gasteiger partial charge in [0.05, 0.1) is 0 Å². The summed E-state index contributed by atoms with van der Waals surface area (Å²) < 4.78 is 11.5. The van der Waals surface area contributed by atoms with Crippen LogP contribution in [-0.2, 0) is 0 Å². The summed E-state index contributed by atoms with van der Waals surface area (Å²) in [4.78, 5) is 0. The quantitative estimate of drug-likeness (QED) is 0.674. The third kappa shape index (κ3) is 2.20. The molecule has 1 aromatic rings. The molecule has 1 atom stereocenters. The van der Waals surface area contributed by atoms with Gasteiger partial charge in [-0.15, -0.1) is 0 Å². The van der Waals surface area contributed by atoms with E-state index in [2.05, 4.69) is 20.8 Å². The minimum absolute atomic E-state index is 0.0807. The van der Waals surface area contributed by atoms with E-state index in [0.29, 0.717) is 11.6 Å². The van der Waals surface area contributed by atoms with Gasteiger partial charge in [0, 0.05) is 16.5 Å². The molecule has 0 radical (unpaired) electrons. The maximum absolute atomic E-state index is 5.87. The van der Waals surface area contributed by atoms with Crippen LogP contribution in [0.5, 0.6) is 11.5 Å². The van der Waals surface area contributed by atoms with Crippen molar-refractivity contribution in [2.45, 2.75) is 26.9 Å². The smallest absolute Gasteiger partial charge is 0.162 e. The molecular weight excluding hydrogens is 212 g/mol. The van der Waals surface area contributed by atoms with Crippen LogP contribution in [0.1, 0.15) is 20.8 Å². The van der Waals surface area contributed by atoms with Crippen molar-refractivity contribution in [3.05, 3.63) is 23.2 Å². The number of benzene rings is 1. The van der Waals surface area contributed by atoms with Crippen LogP contribution in [0.2, 0.25) is 5.02 Å². The van der Waals surface area contributed by atoms with E-state index in [0.717, 1.165) is 11.5 Å². The first-order valence-corrected chi connectivity index (χ1v) is 5.43. The minimum Gasteiger partial charge on any atom is -0.486 e. The molecule has 0 aromatic heterocycles. The molecule has 0 bridgehead atoms. The topological polar surface area (TPSA) is 18.5 Å². The monoisotopic (exact) mass is 226 g/mol. The van der Waals surface area contributed by atoms with Gasteiger partial charge in [0.2, 0.25) is 0 Å². The van der Waals surface area contributed by atoms with Gasteiger partial charge in [0.1, 0.15) is 12.7 Å². The zero-order valence-corrected chi connectivity index (χ0v) is 9.97. The predicted octanol–water partition coefficient (Wildman–Crippen LogP) is 3.53. The first-order valence-electron chi connectivity index (χ1n) is 5.06. The van der Waals surface area contributed by atoms with Gasteiger partial charge in [-0.25, -0.2) is 0 Å². The molecule has 0 aliphatic carbocycles. The normalized spacial score (nSPS) is 20.1. The Balaban J connectivity index is 2.24. The van der Waals surface area contributed by atoms with Gasteiger partial charge in [-0.05, 0) is 12.1 Å². The van der Waals surface area contributed by atoms with Crippen LogP contribution in [-0.4, -0.2) is 12.7 Å². The zero-order chi connectivity index (χ0) is 11.1. The van der Waals surface area contributed by atoms with Crippen LogP contribution in [0.15, 0.2) is 18.2 Å². The largest absolute Gasteiger partial charge is 0.486 e. The Hall–Kier alpha value is -0.890. The molecule has 3 heteroatoms. The highest BCUT2D eigenvalue weighted by Gasteiger charge is 2.31. The van der Waals surface area contributed by atoms with Gasteiger partial charge < -0.3 is 9.47 Å². The maximum Gasteiger partial charge on any atom is 0.162 e. The summed E-state index contributed by atoms with van der Waals surface area (Å²) in [7, 11) is 0. The summed E-state index contributed by atoms with van der Waals surface area (Å²) in [6.45, 7) is 7.00. The predicted molar refractivity (Wildman–Crippen MR) is 60.8 cm³/mol. The van der Waals surface area contributed by atoms with Gasteiger partial charge in [0.25, 0.3) is 0 Å². The highest BCUT2D eigenvalue weighted by atomic mass is 35.5.